The lowest BCUT2D eigenvalue weighted by Crippen LogP contribution is -2.53. The Kier molecular flexibility index (Phi) is 3.15. The third kappa shape index (κ3) is 3.11. The molecule has 0 spiro atoms. The van der Waals surface area contributed by atoms with E-state index in [0.29, 0.717) is 18.4 Å². The molecule has 0 radical (unpaired) electrons. The Balaban J connectivity index is 1.82. The Morgan fingerprint density at radius 2 is 2.13 bits per heavy atom. The molecule has 4 atom stereocenters. The van der Waals surface area contributed by atoms with Crippen LogP contribution in [0.3, 0.4) is 0 Å². The fraction of sp³-hybridized carbons (Fsp3) is 0.556. The predicted molar refractivity (Wildman–Crippen MR) is 85.0 cm³/mol. The molecule has 2 aliphatic rings. The molecule has 2 fully saturated rings. The first-order valence-corrected chi connectivity index (χ1v) is 7.72. The van der Waals surface area contributed by atoms with Crippen LogP contribution < -0.4 is 0 Å². The maximum atomic E-state index is 12.8. The van der Waals surface area contributed by atoms with E-state index in [-0.39, 0.29) is 12.1 Å². The smallest absolute Gasteiger partial charge is 0.338 e. The van der Waals surface area contributed by atoms with E-state index in [1.807, 2.05) is 11.9 Å². The number of hydrogen-bond donors (Lipinski definition) is 0. The number of carbonyl (C=O) groups is 2. The molecular formula is C18H23NO4. The summed E-state index contributed by atoms with van der Waals surface area (Å²) in [6.07, 6.45) is 1.08. The molecule has 0 N–H and O–H groups in total. The molecule has 5 heteroatoms. The normalized spacial score (nSPS) is 34.4. The molecule has 0 aliphatic carbocycles. The quantitative estimate of drug-likeness (QED) is 0.796. The molecule has 1 aromatic carbocycles. The second kappa shape index (κ2) is 6.71. The van der Waals surface area contributed by atoms with Gasteiger partial charge in [-0.1, -0.05) is 18.2 Å². The van der Waals surface area contributed by atoms with E-state index >= 15 is 0 Å². The maximum absolute atomic E-state index is 12.8. The number of benzene rings is 1. The summed E-state index contributed by atoms with van der Waals surface area (Å²) in [6, 6.07) is 8.22. The van der Waals surface area contributed by atoms with Gasteiger partial charge in [0.1, 0.15) is 12.0 Å². The standard InChI is InChI=1S/C18H23NO4/c1-3-22-18(21)16-14-10-9-13(19(14)2)11-15(16)23-17(20)12-7-5-4-6-8-12/h4-8,13-16H,3,9-11H2,1-2H3/t13-,14+,15-,16+/m0/s1/i1D3,3D2. The summed E-state index contributed by atoms with van der Waals surface area (Å²) < 4.78 is 47.3. The number of piperidine rings is 1. The van der Waals surface area contributed by atoms with E-state index in [9.17, 15) is 9.59 Å². The molecule has 0 saturated carbocycles. The van der Waals surface area contributed by atoms with E-state index < -0.39 is 37.4 Å². The van der Waals surface area contributed by atoms with Gasteiger partial charge in [0.15, 0.2) is 0 Å². The number of carbonyl (C=O) groups excluding carboxylic acids is 2. The second-order valence-corrected chi connectivity index (χ2v) is 6.06. The predicted octanol–water partition coefficient (Wildman–Crippen LogP) is 2.26. The van der Waals surface area contributed by atoms with Gasteiger partial charge in [-0.2, -0.15) is 0 Å². The van der Waals surface area contributed by atoms with Crippen molar-refractivity contribution in [3.8, 4) is 0 Å². The summed E-state index contributed by atoms with van der Waals surface area (Å²) in [6.45, 7) is -6.23. The van der Waals surface area contributed by atoms with Gasteiger partial charge in [0.25, 0.3) is 0 Å². The Labute approximate surface area is 143 Å². The molecule has 2 aliphatic heterocycles. The van der Waals surface area contributed by atoms with Gasteiger partial charge in [-0.3, -0.25) is 9.69 Å². The van der Waals surface area contributed by atoms with Crippen molar-refractivity contribution in [3.05, 3.63) is 35.9 Å². The van der Waals surface area contributed by atoms with Gasteiger partial charge < -0.3 is 9.47 Å². The van der Waals surface area contributed by atoms with Crippen molar-refractivity contribution < 1.29 is 25.9 Å². The molecule has 0 aromatic heterocycles. The van der Waals surface area contributed by atoms with Crippen LogP contribution in [0.1, 0.15) is 43.3 Å². The maximum Gasteiger partial charge on any atom is 0.338 e. The number of esters is 2. The minimum Gasteiger partial charge on any atom is -0.466 e. The van der Waals surface area contributed by atoms with Crippen LogP contribution in [0.4, 0.5) is 0 Å². The third-order valence-electron chi connectivity index (χ3n) is 4.91. The van der Waals surface area contributed by atoms with Gasteiger partial charge in [-0.25, -0.2) is 4.79 Å². The highest BCUT2D eigenvalue weighted by Crippen LogP contribution is 2.40. The highest BCUT2D eigenvalue weighted by molar-refractivity contribution is 5.89. The lowest BCUT2D eigenvalue weighted by atomic mass is 9.87. The van der Waals surface area contributed by atoms with Crippen LogP contribution in [0.25, 0.3) is 0 Å². The minimum absolute atomic E-state index is 0.141. The van der Waals surface area contributed by atoms with Crippen molar-refractivity contribution in [1.82, 2.24) is 4.90 Å². The lowest BCUT2D eigenvalue weighted by molar-refractivity contribution is -0.158. The third-order valence-corrected chi connectivity index (χ3v) is 4.91. The summed E-state index contributed by atoms with van der Waals surface area (Å²) >= 11 is 0. The molecule has 2 bridgehead atoms. The van der Waals surface area contributed by atoms with Crippen LogP contribution in [0.15, 0.2) is 30.3 Å². The van der Waals surface area contributed by atoms with Gasteiger partial charge in [0.2, 0.25) is 0 Å². The molecule has 2 heterocycles. The zero-order valence-corrected chi connectivity index (χ0v) is 12.9. The van der Waals surface area contributed by atoms with Gasteiger partial charge >= 0.3 is 11.9 Å². The van der Waals surface area contributed by atoms with E-state index in [4.69, 9.17) is 16.3 Å². The van der Waals surface area contributed by atoms with Crippen molar-refractivity contribution in [2.24, 2.45) is 5.92 Å². The Bertz CT molecular complexity index is 739. The number of rotatable bonds is 4. The minimum atomic E-state index is -3.12. The van der Waals surface area contributed by atoms with Crippen molar-refractivity contribution in [3.63, 3.8) is 0 Å². The summed E-state index contributed by atoms with van der Waals surface area (Å²) in [5.41, 5.74) is 0.346. The summed E-state index contributed by atoms with van der Waals surface area (Å²) in [4.78, 5) is 27.3. The number of ether oxygens (including phenoxy) is 2. The summed E-state index contributed by atoms with van der Waals surface area (Å²) in [7, 11) is 1.86. The molecular weight excluding hydrogens is 294 g/mol. The molecule has 3 rings (SSSR count). The number of hydrogen-bond acceptors (Lipinski definition) is 5. The van der Waals surface area contributed by atoms with Crippen LogP contribution in [-0.2, 0) is 14.3 Å². The first kappa shape index (κ1) is 10.8. The van der Waals surface area contributed by atoms with E-state index in [0.717, 1.165) is 6.42 Å². The number of nitrogens with zero attached hydrogens (tertiary/aromatic N) is 1. The Hall–Kier alpha value is -1.88. The van der Waals surface area contributed by atoms with Crippen LogP contribution in [0, 0.1) is 5.92 Å². The Morgan fingerprint density at radius 1 is 1.35 bits per heavy atom. The topological polar surface area (TPSA) is 55.8 Å². The summed E-state index contributed by atoms with van der Waals surface area (Å²) in [5, 5.41) is 0. The van der Waals surface area contributed by atoms with E-state index in [1.165, 1.54) is 0 Å². The molecule has 124 valence electrons. The first-order valence-electron chi connectivity index (χ1n) is 10.2. The summed E-state index contributed by atoms with van der Waals surface area (Å²) in [5.74, 6) is -2.52. The van der Waals surface area contributed by atoms with E-state index in [1.54, 1.807) is 30.3 Å². The fourth-order valence-electron chi connectivity index (χ4n) is 3.75. The second-order valence-electron chi connectivity index (χ2n) is 6.06. The van der Waals surface area contributed by atoms with Crippen LogP contribution >= 0.6 is 0 Å². The zero-order chi connectivity index (χ0) is 20.7. The van der Waals surface area contributed by atoms with Gasteiger partial charge in [0, 0.05) is 22.6 Å². The van der Waals surface area contributed by atoms with Crippen molar-refractivity contribution in [2.45, 2.75) is 44.3 Å². The molecule has 1 aromatic rings. The van der Waals surface area contributed by atoms with Crippen molar-refractivity contribution in [1.29, 1.82) is 0 Å². The largest absolute Gasteiger partial charge is 0.466 e. The SMILES string of the molecule is [2H]C([2H])([2H])C([2H])([2H])OC(=O)[C@H]1[C@@H](OC(=O)c2ccccc2)C[C@@H]2CC[C@H]1N2C. The van der Waals surface area contributed by atoms with Crippen molar-refractivity contribution >= 4 is 11.9 Å². The molecule has 5 nitrogen and oxygen atoms in total. The average molecular weight is 322 g/mol. The highest BCUT2D eigenvalue weighted by Gasteiger charge is 2.51. The monoisotopic (exact) mass is 322 g/mol. The Morgan fingerprint density at radius 3 is 2.87 bits per heavy atom. The van der Waals surface area contributed by atoms with Gasteiger partial charge in [-0.15, -0.1) is 0 Å². The van der Waals surface area contributed by atoms with Gasteiger partial charge in [-0.05, 0) is 38.9 Å². The van der Waals surface area contributed by atoms with Crippen LogP contribution in [0.2, 0.25) is 0 Å². The van der Waals surface area contributed by atoms with Crippen molar-refractivity contribution in [2.75, 3.05) is 13.6 Å². The van der Waals surface area contributed by atoms with Gasteiger partial charge in [0.05, 0.1) is 14.9 Å². The lowest BCUT2D eigenvalue weighted by Gasteiger charge is -2.40. The van der Waals surface area contributed by atoms with E-state index in [2.05, 4.69) is 0 Å². The fourth-order valence-corrected chi connectivity index (χ4v) is 3.75. The number of fused-ring (bicyclic) bond motifs is 2. The average Bonchev–Trinajstić information content (AvgIpc) is 2.85. The highest BCUT2D eigenvalue weighted by atomic mass is 16.6. The molecule has 23 heavy (non-hydrogen) atoms. The zero-order valence-electron chi connectivity index (χ0n) is 17.9. The molecule has 0 amide bonds. The van der Waals surface area contributed by atoms with Crippen LogP contribution in [0.5, 0.6) is 0 Å². The molecule has 2 saturated heterocycles. The molecule has 0 unspecified atom stereocenters. The van der Waals surface area contributed by atoms with Crippen LogP contribution in [-0.4, -0.2) is 48.6 Å². The first-order chi connectivity index (χ1) is 13.0.